The molecule has 5 rings (SSSR count). The van der Waals surface area contributed by atoms with Crippen LogP contribution in [0.5, 0.6) is 0 Å². The highest BCUT2D eigenvalue weighted by Crippen LogP contribution is 2.61. The van der Waals surface area contributed by atoms with Gasteiger partial charge in [0.15, 0.2) is 0 Å². The molecule has 2 aromatic carbocycles. The van der Waals surface area contributed by atoms with Crippen molar-refractivity contribution in [2.45, 2.75) is 94.1 Å². The minimum Gasteiger partial charge on any atom is -0.455 e. The smallest absolute Gasteiger partial charge is 0.313 e. The van der Waals surface area contributed by atoms with Gasteiger partial charge in [-0.3, -0.25) is 19.2 Å². The van der Waals surface area contributed by atoms with Crippen LogP contribution in [0.4, 0.5) is 5.69 Å². The Morgan fingerprint density at radius 3 is 2.50 bits per heavy atom. The Morgan fingerprint density at radius 2 is 1.88 bits per heavy atom. The predicted octanol–water partition coefficient (Wildman–Crippen LogP) is 6.08. The van der Waals surface area contributed by atoms with Gasteiger partial charge in [-0.2, -0.15) is 0 Å². The third-order valence-electron chi connectivity index (χ3n) is 10.9. The average molecular weight is 799 g/mol. The fourth-order valence-electron chi connectivity index (χ4n) is 8.26. The molecule has 3 aliphatic heterocycles. The molecule has 10 nitrogen and oxygen atoms in total. The number of alkyl halides is 1. The summed E-state index contributed by atoms with van der Waals surface area (Å²) >= 11 is 10.5. The van der Waals surface area contributed by atoms with Crippen LogP contribution in [0.25, 0.3) is 0 Å². The Bertz CT molecular complexity index is 1660. The molecule has 3 amide bonds. The number of carbonyl (C=O) groups is 4. The van der Waals surface area contributed by atoms with Crippen LogP contribution >= 0.6 is 27.5 Å². The first kappa shape index (κ1) is 39.7. The molecule has 1 unspecified atom stereocenters. The van der Waals surface area contributed by atoms with Gasteiger partial charge in [0.1, 0.15) is 17.7 Å². The van der Waals surface area contributed by atoms with Crippen molar-refractivity contribution < 1.29 is 33.8 Å². The number of fused-ring (bicyclic) bond motifs is 1. The number of hydrogen-bond acceptors (Lipinski definition) is 7. The van der Waals surface area contributed by atoms with E-state index in [-0.39, 0.29) is 36.0 Å². The van der Waals surface area contributed by atoms with E-state index in [1.165, 1.54) is 9.80 Å². The molecule has 0 radical (unpaired) electrons. The standard InChI is InChI=1S/C40H49BrClN3O7/c1-7-10-19-30(47)43-25(6)34(26-16-12-11-13-17-26)51-39(50)31-32-37(48)45(29(22-46)23(4)9-3)36(40(32)21-27(41)35(31)52-40)38(49)44(20-8-2)33-24(5)15-14-18-28(33)42/h7-8,11-18,23,25,27,29,31-32,34-36,46H,1-2,9-10,19-22H2,3-6H3,(H,43,47)/t23-,25-,27?,29-,31+,32-,34-,35+,36+,40-/m0/s1. The number of esters is 1. The maximum atomic E-state index is 15.2. The van der Waals surface area contributed by atoms with Crippen molar-refractivity contribution in [3.63, 3.8) is 0 Å². The number of nitrogens with zero attached hydrogens (tertiary/aromatic N) is 2. The number of allylic oxidation sites excluding steroid dienone is 1. The molecule has 280 valence electrons. The van der Waals surface area contributed by atoms with Crippen LogP contribution in [0.1, 0.15) is 63.7 Å². The first-order chi connectivity index (χ1) is 24.9. The second-order valence-corrected chi connectivity index (χ2v) is 15.7. The molecule has 52 heavy (non-hydrogen) atoms. The molecule has 2 bridgehead atoms. The van der Waals surface area contributed by atoms with Crippen LogP contribution < -0.4 is 10.2 Å². The van der Waals surface area contributed by atoms with Crippen LogP contribution in [0.2, 0.25) is 5.02 Å². The number of ether oxygens (including phenoxy) is 2. The molecule has 1 spiro atoms. The second-order valence-electron chi connectivity index (χ2n) is 14.1. The van der Waals surface area contributed by atoms with Crippen LogP contribution in [0, 0.1) is 24.7 Å². The van der Waals surface area contributed by atoms with Crippen molar-refractivity contribution in [2.24, 2.45) is 17.8 Å². The predicted molar refractivity (Wildman–Crippen MR) is 204 cm³/mol. The molecule has 3 aliphatic rings. The largest absolute Gasteiger partial charge is 0.455 e. The molecular formula is C40H49BrClN3O7. The number of aryl methyl sites for hydroxylation is 1. The number of nitrogens with one attached hydrogen (secondary N) is 1. The molecule has 10 atom stereocenters. The highest BCUT2D eigenvalue weighted by Gasteiger charge is 2.78. The summed E-state index contributed by atoms with van der Waals surface area (Å²) in [6.07, 6.45) is 3.22. The molecule has 3 fully saturated rings. The fourth-order valence-corrected chi connectivity index (χ4v) is 9.53. The third-order valence-corrected chi connectivity index (χ3v) is 12.1. The maximum absolute atomic E-state index is 15.2. The van der Waals surface area contributed by atoms with Gasteiger partial charge in [-0.05, 0) is 49.8 Å². The van der Waals surface area contributed by atoms with Gasteiger partial charge in [0.2, 0.25) is 11.8 Å². The van der Waals surface area contributed by atoms with E-state index in [4.69, 9.17) is 21.1 Å². The minimum atomic E-state index is -1.42. The van der Waals surface area contributed by atoms with Crippen LogP contribution in [0.3, 0.4) is 0 Å². The number of para-hydroxylation sites is 1. The molecular weight excluding hydrogens is 750 g/mol. The number of hydrogen-bond donors (Lipinski definition) is 2. The maximum Gasteiger partial charge on any atom is 0.313 e. The van der Waals surface area contributed by atoms with E-state index < -0.39 is 72.2 Å². The molecule has 12 heteroatoms. The molecule has 3 saturated heterocycles. The number of rotatable bonds is 16. The van der Waals surface area contributed by atoms with Gasteiger partial charge in [0.05, 0.1) is 47.3 Å². The van der Waals surface area contributed by atoms with Crippen LogP contribution in [0.15, 0.2) is 73.8 Å². The summed E-state index contributed by atoms with van der Waals surface area (Å²) in [6, 6.07) is 11.9. The monoisotopic (exact) mass is 797 g/mol. The summed E-state index contributed by atoms with van der Waals surface area (Å²) in [6.45, 7) is 14.8. The van der Waals surface area contributed by atoms with Crippen LogP contribution in [-0.2, 0) is 28.7 Å². The number of aliphatic hydroxyl groups is 1. The Morgan fingerprint density at radius 1 is 1.17 bits per heavy atom. The van der Waals surface area contributed by atoms with Crippen molar-refractivity contribution in [1.29, 1.82) is 0 Å². The Hall–Kier alpha value is -3.51. The summed E-state index contributed by atoms with van der Waals surface area (Å²) in [7, 11) is 0. The van der Waals surface area contributed by atoms with Crippen LogP contribution in [-0.4, -0.2) is 81.5 Å². The van der Waals surface area contributed by atoms with E-state index in [0.29, 0.717) is 29.1 Å². The van der Waals surface area contributed by atoms with Gasteiger partial charge >= 0.3 is 5.97 Å². The van der Waals surface area contributed by atoms with Crippen molar-refractivity contribution in [2.75, 3.05) is 18.1 Å². The van der Waals surface area contributed by atoms with Gasteiger partial charge in [-0.15, -0.1) is 13.2 Å². The minimum absolute atomic E-state index is 0.0949. The summed E-state index contributed by atoms with van der Waals surface area (Å²) in [4.78, 5) is 60.0. The molecule has 2 N–H and O–H groups in total. The van der Waals surface area contributed by atoms with E-state index in [9.17, 15) is 19.5 Å². The number of anilines is 1. The van der Waals surface area contributed by atoms with Gasteiger partial charge in [-0.1, -0.05) is 102 Å². The lowest BCUT2D eigenvalue weighted by Gasteiger charge is -2.41. The summed E-state index contributed by atoms with van der Waals surface area (Å²) in [5.74, 6) is -4.11. The van der Waals surface area contributed by atoms with Gasteiger partial charge < -0.3 is 29.7 Å². The van der Waals surface area contributed by atoms with Crippen molar-refractivity contribution in [3.8, 4) is 0 Å². The zero-order valence-corrected chi connectivity index (χ0v) is 32.5. The van der Waals surface area contributed by atoms with E-state index >= 15 is 4.79 Å². The van der Waals surface area contributed by atoms with E-state index in [2.05, 4.69) is 34.4 Å². The van der Waals surface area contributed by atoms with Gasteiger partial charge in [-0.25, -0.2) is 0 Å². The number of carbonyl (C=O) groups excluding carboxylic acids is 4. The summed E-state index contributed by atoms with van der Waals surface area (Å²) in [5.41, 5.74) is 0.488. The van der Waals surface area contributed by atoms with Gasteiger partial charge in [0, 0.05) is 17.8 Å². The quantitative estimate of drug-likeness (QED) is 0.120. The lowest BCUT2D eigenvalue weighted by atomic mass is 9.70. The number of likely N-dealkylation sites (tertiary alicyclic amines) is 1. The first-order valence-electron chi connectivity index (χ1n) is 17.9. The van der Waals surface area contributed by atoms with E-state index in [1.54, 1.807) is 31.2 Å². The molecule has 0 saturated carbocycles. The molecule has 0 aromatic heterocycles. The second kappa shape index (κ2) is 16.7. The highest BCUT2D eigenvalue weighted by molar-refractivity contribution is 9.09. The topological polar surface area (TPSA) is 125 Å². The first-order valence-corrected chi connectivity index (χ1v) is 19.2. The number of benzene rings is 2. The summed E-state index contributed by atoms with van der Waals surface area (Å²) < 4.78 is 13.1. The van der Waals surface area contributed by atoms with Crippen molar-refractivity contribution >= 4 is 56.9 Å². The zero-order chi connectivity index (χ0) is 37.9. The highest BCUT2D eigenvalue weighted by atomic mass is 79.9. The fraction of sp³-hybridized carbons (Fsp3) is 0.500. The Balaban J connectivity index is 1.58. The van der Waals surface area contributed by atoms with E-state index in [1.807, 2.05) is 57.2 Å². The SMILES string of the molecule is C=CCCC(=O)N[C@@H](C)[C@H](OC(=O)[C@H]1[C@@H]2O[C@@]3(CC2Br)[C@@H]1C(=O)N([C@@H](CO)[C@@H](C)CC)[C@@H]3C(=O)N(CC=C)c1c(C)cccc1Cl)c1ccccc1. The lowest BCUT2D eigenvalue weighted by molar-refractivity contribution is -0.162. The zero-order valence-electron chi connectivity index (χ0n) is 30.2. The lowest BCUT2D eigenvalue weighted by Crippen LogP contribution is -2.60. The molecule has 0 aliphatic carbocycles. The van der Waals surface area contributed by atoms with E-state index in [0.717, 1.165) is 5.56 Å². The summed E-state index contributed by atoms with van der Waals surface area (Å²) in [5, 5.41) is 14.1. The van der Waals surface area contributed by atoms with Gasteiger partial charge in [0.25, 0.3) is 5.91 Å². The van der Waals surface area contributed by atoms with Crippen molar-refractivity contribution in [1.82, 2.24) is 10.2 Å². The normalized spacial score (nSPS) is 26.9. The number of aliphatic hydroxyl groups excluding tert-OH is 1. The Kier molecular flexibility index (Phi) is 12.7. The Labute approximate surface area is 319 Å². The average Bonchev–Trinajstić information content (AvgIpc) is 3.72. The number of halogens is 2. The number of amides is 3. The molecule has 3 heterocycles. The van der Waals surface area contributed by atoms with Crippen molar-refractivity contribution in [3.05, 3.63) is 90.0 Å². The third kappa shape index (κ3) is 7.21. The molecule has 2 aromatic rings.